The Morgan fingerprint density at radius 2 is 2.28 bits per heavy atom. The topological polar surface area (TPSA) is 28.2 Å². The van der Waals surface area contributed by atoms with Gasteiger partial charge in [-0.25, -0.2) is 4.98 Å². The van der Waals surface area contributed by atoms with Crippen molar-refractivity contribution in [1.82, 2.24) is 15.2 Å². The molecule has 0 radical (unpaired) electrons. The van der Waals surface area contributed by atoms with E-state index < -0.39 is 0 Å². The molecule has 2 rings (SSSR count). The second-order valence-corrected chi connectivity index (χ2v) is 6.88. The SMILES string of the molecule is CC(C)NCc1nc(CN(C)CC2CC2C)cs1. The predicted octanol–water partition coefficient (Wildman–Crippen LogP) is 2.73. The van der Waals surface area contributed by atoms with Crippen molar-refractivity contribution in [2.75, 3.05) is 13.6 Å². The third kappa shape index (κ3) is 4.34. The highest BCUT2D eigenvalue weighted by atomic mass is 32.1. The maximum atomic E-state index is 4.68. The third-order valence-electron chi connectivity index (χ3n) is 3.52. The lowest BCUT2D eigenvalue weighted by Crippen LogP contribution is -2.22. The van der Waals surface area contributed by atoms with Crippen molar-refractivity contribution in [3.8, 4) is 0 Å². The Balaban J connectivity index is 1.75. The zero-order valence-electron chi connectivity index (χ0n) is 11.9. The van der Waals surface area contributed by atoms with Crippen molar-refractivity contribution in [2.45, 2.75) is 46.3 Å². The van der Waals surface area contributed by atoms with Crippen LogP contribution in [-0.2, 0) is 13.1 Å². The molecule has 1 N–H and O–H groups in total. The zero-order chi connectivity index (χ0) is 13.1. The van der Waals surface area contributed by atoms with E-state index in [4.69, 9.17) is 0 Å². The van der Waals surface area contributed by atoms with Gasteiger partial charge in [0.2, 0.25) is 0 Å². The van der Waals surface area contributed by atoms with E-state index >= 15 is 0 Å². The first-order valence-corrected chi connectivity index (χ1v) is 7.77. The third-order valence-corrected chi connectivity index (χ3v) is 4.41. The summed E-state index contributed by atoms with van der Waals surface area (Å²) in [4.78, 5) is 7.09. The molecule has 0 aliphatic heterocycles. The second-order valence-electron chi connectivity index (χ2n) is 5.94. The molecule has 0 saturated heterocycles. The summed E-state index contributed by atoms with van der Waals surface area (Å²) >= 11 is 1.77. The summed E-state index contributed by atoms with van der Waals surface area (Å²) in [5, 5.41) is 6.81. The monoisotopic (exact) mass is 267 g/mol. The van der Waals surface area contributed by atoms with Crippen LogP contribution >= 0.6 is 11.3 Å². The second kappa shape index (κ2) is 6.13. The fraction of sp³-hybridized carbons (Fsp3) is 0.786. The number of aromatic nitrogens is 1. The Morgan fingerprint density at radius 1 is 1.56 bits per heavy atom. The molecular weight excluding hydrogens is 242 g/mol. The van der Waals surface area contributed by atoms with E-state index in [0.29, 0.717) is 6.04 Å². The minimum absolute atomic E-state index is 0.524. The van der Waals surface area contributed by atoms with E-state index in [0.717, 1.165) is 24.9 Å². The van der Waals surface area contributed by atoms with E-state index in [1.165, 1.54) is 23.7 Å². The molecule has 1 aromatic heterocycles. The largest absolute Gasteiger partial charge is 0.308 e. The lowest BCUT2D eigenvalue weighted by Gasteiger charge is -2.14. The molecule has 0 aromatic carbocycles. The van der Waals surface area contributed by atoms with Crippen molar-refractivity contribution in [3.05, 3.63) is 16.1 Å². The molecule has 18 heavy (non-hydrogen) atoms. The van der Waals surface area contributed by atoms with Gasteiger partial charge in [-0.05, 0) is 25.3 Å². The van der Waals surface area contributed by atoms with Crippen LogP contribution in [0.1, 0.15) is 37.9 Å². The maximum absolute atomic E-state index is 4.68. The zero-order valence-corrected chi connectivity index (χ0v) is 12.8. The Labute approximate surface area is 115 Å². The molecule has 2 atom stereocenters. The Kier molecular flexibility index (Phi) is 4.76. The van der Waals surface area contributed by atoms with Crippen LogP contribution < -0.4 is 5.32 Å². The fourth-order valence-corrected chi connectivity index (χ4v) is 2.92. The van der Waals surface area contributed by atoms with Crippen LogP contribution in [0.4, 0.5) is 0 Å². The van der Waals surface area contributed by atoms with Gasteiger partial charge >= 0.3 is 0 Å². The Morgan fingerprint density at radius 3 is 2.89 bits per heavy atom. The van der Waals surface area contributed by atoms with Gasteiger partial charge in [0.25, 0.3) is 0 Å². The van der Waals surface area contributed by atoms with Gasteiger partial charge < -0.3 is 10.2 Å². The highest BCUT2D eigenvalue weighted by Crippen LogP contribution is 2.38. The number of hydrogen-bond acceptors (Lipinski definition) is 4. The van der Waals surface area contributed by atoms with Crippen molar-refractivity contribution < 1.29 is 0 Å². The molecule has 2 unspecified atom stereocenters. The number of rotatable bonds is 7. The van der Waals surface area contributed by atoms with Crippen molar-refractivity contribution in [2.24, 2.45) is 11.8 Å². The molecule has 3 nitrogen and oxygen atoms in total. The van der Waals surface area contributed by atoms with Gasteiger partial charge in [0.1, 0.15) is 5.01 Å². The predicted molar refractivity (Wildman–Crippen MR) is 77.7 cm³/mol. The molecule has 1 aliphatic carbocycles. The molecule has 1 fully saturated rings. The summed E-state index contributed by atoms with van der Waals surface area (Å²) in [6, 6.07) is 0.524. The van der Waals surface area contributed by atoms with Crippen molar-refractivity contribution in [1.29, 1.82) is 0 Å². The minimum atomic E-state index is 0.524. The molecule has 1 aromatic rings. The van der Waals surface area contributed by atoms with E-state index in [1.54, 1.807) is 11.3 Å². The van der Waals surface area contributed by atoms with E-state index in [2.05, 4.69) is 48.4 Å². The molecule has 102 valence electrons. The Hall–Kier alpha value is -0.450. The highest BCUT2D eigenvalue weighted by molar-refractivity contribution is 7.09. The molecule has 1 heterocycles. The summed E-state index contributed by atoms with van der Waals surface area (Å²) in [6.07, 6.45) is 1.41. The van der Waals surface area contributed by atoms with Crippen molar-refractivity contribution >= 4 is 11.3 Å². The number of nitrogens with one attached hydrogen (secondary N) is 1. The smallest absolute Gasteiger partial charge is 0.107 e. The maximum Gasteiger partial charge on any atom is 0.107 e. The fourth-order valence-electron chi connectivity index (χ4n) is 2.19. The molecule has 0 spiro atoms. The lowest BCUT2D eigenvalue weighted by atomic mass is 10.3. The lowest BCUT2D eigenvalue weighted by molar-refractivity contribution is 0.304. The van der Waals surface area contributed by atoms with Crippen LogP contribution in [0, 0.1) is 11.8 Å². The van der Waals surface area contributed by atoms with Gasteiger partial charge in [-0.3, -0.25) is 0 Å². The number of nitrogens with zero attached hydrogens (tertiary/aromatic N) is 2. The summed E-state index contributed by atoms with van der Waals surface area (Å²) < 4.78 is 0. The van der Waals surface area contributed by atoms with Gasteiger partial charge in [0, 0.05) is 31.1 Å². The standard InChI is InChI=1S/C14H25N3S/c1-10(2)15-6-14-16-13(9-18-14)8-17(4)7-12-5-11(12)3/h9-12,15H,5-8H2,1-4H3. The van der Waals surface area contributed by atoms with Crippen LogP contribution in [0.15, 0.2) is 5.38 Å². The highest BCUT2D eigenvalue weighted by Gasteiger charge is 2.33. The van der Waals surface area contributed by atoms with E-state index in [9.17, 15) is 0 Å². The van der Waals surface area contributed by atoms with Crippen LogP contribution in [0.2, 0.25) is 0 Å². The van der Waals surface area contributed by atoms with Crippen LogP contribution in [0.3, 0.4) is 0 Å². The van der Waals surface area contributed by atoms with Gasteiger partial charge in [0.05, 0.1) is 5.69 Å². The molecule has 0 bridgehead atoms. The first kappa shape index (κ1) is 14.0. The average Bonchev–Trinajstić information content (AvgIpc) is 2.79. The first-order chi connectivity index (χ1) is 8.54. The van der Waals surface area contributed by atoms with E-state index in [1.807, 2.05) is 0 Å². The van der Waals surface area contributed by atoms with E-state index in [-0.39, 0.29) is 0 Å². The van der Waals surface area contributed by atoms with Crippen LogP contribution in [0.25, 0.3) is 0 Å². The number of hydrogen-bond donors (Lipinski definition) is 1. The summed E-state index contributed by atoms with van der Waals surface area (Å²) in [7, 11) is 2.20. The molecule has 1 saturated carbocycles. The van der Waals surface area contributed by atoms with Crippen molar-refractivity contribution in [3.63, 3.8) is 0 Å². The van der Waals surface area contributed by atoms with Gasteiger partial charge in [0.15, 0.2) is 0 Å². The van der Waals surface area contributed by atoms with Gasteiger partial charge in [-0.1, -0.05) is 20.8 Å². The Bertz CT molecular complexity index is 375. The molecule has 0 amide bonds. The molecule has 4 heteroatoms. The van der Waals surface area contributed by atoms with Crippen LogP contribution in [-0.4, -0.2) is 29.5 Å². The quantitative estimate of drug-likeness (QED) is 0.823. The minimum Gasteiger partial charge on any atom is -0.308 e. The normalized spacial score (nSPS) is 23.0. The number of thiazole rings is 1. The van der Waals surface area contributed by atoms with Crippen LogP contribution in [0.5, 0.6) is 0 Å². The summed E-state index contributed by atoms with van der Waals surface area (Å²) in [5.74, 6) is 1.87. The first-order valence-electron chi connectivity index (χ1n) is 6.89. The van der Waals surface area contributed by atoms with Gasteiger partial charge in [-0.15, -0.1) is 11.3 Å². The summed E-state index contributed by atoms with van der Waals surface area (Å²) in [6.45, 7) is 9.78. The van der Waals surface area contributed by atoms with Gasteiger partial charge in [-0.2, -0.15) is 0 Å². The average molecular weight is 267 g/mol. The molecule has 1 aliphatic rings. The summed E-state index contributed by atoms with van der Waals surface area (Å²) in [5.41, 5.74) is 1.22. The molecular formula is C14H25N3S.